The molecule has 0 aliphatic carbocycles. The molecule has 0 bridgehead atoms. The SMILES string of the molecule is CC1CN(c2ccccc2C=O)C(C)CN1. The smallest absolute Gasteiger partial charge is 0.152 e. The van der Waals surface area contributed by atoms with E-state index in [9.17, 15) is 4.79 Å². The van der Waals surface area contributed by atoms with Crippen molar-refractivity contribution in [2.75, 3.05) is 18.0 Å². The molecular weight excluding hydrogens is 200 g/mol. The first-order chi connectivity index (χ1) is 7.72. The lowest BCUT2D eigenvalue weighted by Crippen LogP contribution is -2.54. The summed E-state index contributed by atoms with van der Waals surface area (Å²) in [6.07, 6.45) is 0.939. The summed E-state index contributed by atoms with van der Waals surface area (Å²) in [5.74, 6) is 0. The number of benzene rings is 1. The van der Waals surface area contributed by atoms with Gasteiger partial charge in [0.05, 0.1) is 0 Å². The van der Waals surface area contributed by atoms with Crippen molar-refractivity contribution in [3.05, 3.63) is 29.8 Å². The standard InChI is InChI=1S/C13H18N2O/c1-10-8-15(11(2)7-14-10)13-6-4-3-5-12(13)9-16/h3-6,9-11,14H,7-8H2,1-2H3. The van der Waals surface area contributed by atoms with Crippen molar-refractivity contribution in [2.24, 2.45) is 0 Å². The quantitative estimate of drug-likeness (QED) is 0.767. The molecule has 3 nitrogen and oxygen atoms in total. The van der Waals surface area contributed by atoms with Crippen LogP contribution in [-0.2, 0) is 0 Å². The lowest BCUT2D eigenvalue weighted by molar-refractivity contribution is 0.112. The predicted molar refractivity (Wildman–Crippen MR) is 66.1 cm³/mol. The first-order valence-corrected chi connectivity index (χ1v) is 5.76. The second-order valence-electron chi connectivity index (χ2n) is 4.49. The summed E-state index contributed by atoms with van der Waals surface area (Å²) in [5.41, 5.74) is 1.84. The lowest BCUT2D eigenvalue weighted by atomic mass is 10.1. The molecule has 1 saturated heterocycles. The lowest BCUT2D eigenvalue weighted by Gasteiger charge is -2.39. The summed E-state index contributed by atoms with van der Waals surface area (Å²) in [6.45, 7) is 6.27. The van der Waals surface area contributed by atoms with E-state index in [0.717, 1.165) is 30.6 Å². The van der Waals surface area contributed by atoms with Crippen LogP contribution < -0.4 is 10.2 Å². The Bertz CT molecular complexity index is 378. The van der Waals surface area contributed by atoms with Gasteiger partial charge in [-0.3, -0.25) is 4.79 Å². The Kier molecular flexibility index (Phi) is 3.25. The molecule has 3 heteroatoms. The van der Waals surface area contributed by atoms with Crippen molar-refractivity contribution < 1.29 is 4.79 Å². The number of nitrogens with one attached hydrogen (secondary N) is 1. The van der Waals surface area contributed by atoms with Crippen molar-refractivity contribution in [3.8, 4) is 0 Å². The summed E-state index contributed by atoms with van der Waals surface area (Å²) in [6, 6.07) is 8.69. The van der Waals surface area contributed by atoms with Crippen LogP contribution in [-0.4, -0.2) is 31.5 Å². The van der Waals surface area contributed by atoms with E-state index in [1.165, 1.54) is 0 Å². The first kappa shape index (κ1) is 11.1. The van der Waals surface area contributed by atoms with E-state index in [4.69, 9.17) is 0 Å². The zero-order valence-corrected chi connectivity index (χ0v) is 9.81. The van der Waals surface area contributed by atoms with Crippen molar-refractivity contribution in [1.29, 1.82) is 0 Å². The number of para-hydroxylation sites is 1. The van der Waals surface area contributed by atoms with Crippen LogP contribution in [0.2, 0.25) is 0 Å². The molecule has 0 aromatic heterocycles. The van der Waals surface area contributed by atoms with Crippen molar-refractivity contribution in [2.45, 2.75) is 25.9 Å². The zero-order chi connectivity index (χ0) is 11.5. The molecule has 0 amide bonds. The van der Waals surface area contributed by atoms with Gasteiger partial charge in [0.15, 0.2) is 6.29 Å². The van der Waals surface area contributed by atoms with E-state index in [2.05, 4.69) is 24.1 Å². The number of carbonyl (C=O) groups excluding carboxylic acids is 1. The van der Waals surface area contributed by atoms with E-state index in [1.807, 2.05) is 24.3 Å². The van der Waals surface area contributed by atoms with Gasteiger partial charge in [-0.15, -0.1) is 0 Å². The van der Waals surface area contributed by atoms with Crippen LogP contribution in [0.5, 0.6) is 0 Å². The fourth-order valence-electron chi connectivity index (χ4n) is 2.21. The predicted octanol–water partition coefficient (Wildman–Crippen LogP) is 1.69. The Balaban J connectivity index is 2.30. The number of nitrogens with zero attached hydrogens (tertiary/aromatic N) is 1. The molecule has 1 aromatic carbocycles. The molecule has 1 aliphatic rings. The molecule has 0 radical (unpaired) electrons. The van der Waals surface area contributed by atoms with Gasteiger partial charge in [-0.2, -0.15) is 0 Å². The van der Waals surface area contributed by atoms with Crippen molar-refractivity contribution in [3.63, 3.8) is 0 Å². The molecule has 2 unspecified atom stereocenters. The van der Waals surface area contributed by atoms with Gasteiger partial charge in [0.25, 0.3) is 0 Å². The summed E-state index contributed by atoms with van der Waals surface area (Å²) in [4.78, 5) is 13.3. The molecule has 1 heterocycles. The van der Waals surface area contributed by atoms with Crippen molar-refractivity contribution >= 4 is 12.0 Å². The van der Waals surface area contributed by atoms with Gasteiger partial charge in [0.1, 0.15) is 0 Å². The third-order valence-corrected chi connectivity index (χ3v) is 3.14. The van der Waals surface area contributed by atoms with Gasteiger partial charge in [0.2, 0.25) is 0 Å². The molecule has 1 N–H and O–H groups in total. The first-order valence-electron chi connectivity index (χ1n) is 5.76. The van der Waals surface area contributed by atoms with E-state index >= 15 is 0 Å². The van der Waals surface area contributed by atoms with Gasteiger partial charge < -0.3 is 10.2 Å². The normalized spacial score (nSPS) is 25.5. The molecule has 1 fully saturated rings. The Hall–Kier alpha value is -1.35. The van der Waals surface area contributed by atoms with Gasteiger partial charge >= 0.3 is 0 Å². The van der Waals surface area contributed by atoms with Crippen LogP contribution >= 0.6 is 0 Å². The summed E-state index contributed by atoms with van der Waals surface area (Å²) in [7, 11) is 0. The van der Waals surface area contributed by atoms with E-state index in [-0.39, 0.29) is 0 Å². The van der Waals surface area contributed by atoms with E-state index in [1.54, 1.807) is 0 Å². The molecule has 0 spiro atoms. The molecule has 1 aromatic rings. The zero-order valence-electron chi connectivity index (χ0n) is 9.81. The number of hydrogen-bond acceptors (Lipinski definition) is 3. The van der Waals surface area contributed by atoms with Gasteiger partial charge in [-0.1, -0.05) is 12.1 Å². The number of hydrogen-bond donors (Lipinski definition) is 1. The minimum atomic E-state index is 0.428. The molecule has 1 aliphatic heterocycles. The molecule has 2 rings (SSSR count). The highest BCUT2D eigenvalue weighted by molar-refractivity contribution is 5.84. The highest BCUT2D eigenvalue weighted by Crippen LogP contribution is 2.22. The van der Waals surface area contributed by atoms with Crippen LogP contribution in [0, 0.1) is 0 Å². The van der Waals surface area contributed by atoms with Crippen LogP contribution in [0.25, 0.3) is 0 Å². The van der Waals surface area contributed by atoms with Crippen LogP contribution in [0.15, 0.2) is 24.3 Å². The fourth-order valence-corrected chi connectivity index (χ4v) is 2.21. The molecule has 0 saturated carbocycles. The minimum absolute atomic E-state index is 0.428. The number of anilines is 1. The third-order valence-electron chi connectivity index (χ3n) is 3.14. The Morgan fingerprint density at radius 2 is 2.12 bits per heavy atom. The molecular formula is C13H18N2O. The van der Waals surface area contributed by atoms with Gasteiger partial charge in [-0.25, -0.2) is 0 Å². The topological polar surface area (TPSA) is 32.3 Å². The largest absolute Gasteiger partial charge is 0.365 e. The summed E-state index contributed by atoms with van der Waals surface area (Å²) < 4.78 is 0. The maximum Gasteiger partial charge on any atom is 0.152 e. The van der Waals surface area contributed by atoms with E-state index in [0.29, 0.717) is 12.1 Å². The maximum atomic E-state index is 11.0. The van der Waals surface area contributed by atoms with Crippen LogP contribution in [0.3, 0.4) is 0 Å². The Morgan fingerprint density at radius 3 is 2.88 bits per heavy atom. The Morgan fingerprint density at radius 1 is 1.38 bits per heavy atom. The average Bonchev–Trinajstić information content (AvgIpc) is 2.32. The molecule has 16 heavy (non-hydrogen) atoms. The second-order valence-corrected chi connectivity index (χ2v) is 4.49. The summed E-state index contributed by atoms with van der Waals surface area (Å²) >= 11 is 0. The second kappa shape index (κ2) is 4.66. The minimum Gasteiger partial charge on any atom is -0.365 e. The van der Waals surface area contributed by atoms with Crippen LogP contribution in [0.4, 0.5) is 5.69 Å². The monoisotopic (exact) mass is 218 g/mol. The number of aldehydes is 1. The maximum absolute atomic E-state index is 11.0. The average molecular weight is 218 g/mol. The van der Waals surface area contributed by atoms with Crippen molar-refractivity contribution in [1.82, 2.24) is 5.32 Å². The molecule has 86 valence electrons. The highest BCUT2D eigenvalue weighted by atomic mass is 16.1. The van der Waals surface area contributed by atoms with E-state index < -0.39 is 0 Å². The number of carbonyl (C=O) groups is 1. The Labute approximate surface area is 96.5 Å². The highest BCUT2D eigenvalue weighted by Gasteiger charge is 2.23. The van der Waals surface area contributed by atoms with Gasteiger partial charge in [-0.05, 0) is 26.0 Å². The summed E-state index contributed by atoms with van der Waals surface area (Å²) in [5, 5.41) is 3.44. The van der Waals surface area contributed by atoms with Gasteiger partial charge in [0, 0.05) is 36.4 Å². The molecule has 2 atom stereocenters. The number of rotatable bonds is 2. The fraction of sp³-hybridized carbons (Fsp3) is 0.462. The third kappa shape index (κ3) is 2.09. The van der Waals surface area contributed by atoms with Crippen LogP contribution in [0.1, 0.15) is 24.2 Å². The number of piperazine rings is 1.